The van der Waals surface area contributed by atoms with Crippen molar-refractivity contribution in [3.8, 4) is 0 Å². The minimum atomic E-state index is -0.0923. The first kappa shape index (κ1) is 15.2. The molecule has 2 rings (SSSR count). The second-order valence-corrected chi connectivity index (χ2v) is 7.62. The largest absolute Gasteiger partial charge is 0.325 e. The average Bonchev–Trinajstić information content (AvgIpc) is 2.44. The fourth-order valence-electron chi connectivity index (χ4n) is 2.99. The molecule has 1 saturated carbocycles. The Morgan fingerprint density at radius 3 is 2.47 bits per heavy atom. The Bertz CT molecular complexity index is 456. The highest BCUT2D eigenvalue weighted by atomic mass is 35.5. The van der Waals surface area contributed by atoms with Gasteiger partial charge >= 0.3 is 0 Å². The van der Waals surface area contributed by atoms with Crippen LogP contribution in [-0.4, -0.2) is 5.54 Å². The predicted octanol–water partition coefficient (Wildman–Crippen LogP) is 5.22. The standard InChI is InChI=1S/C16H23Cl2N/c1-15(2)6-3-7-16(19,9-8-15)11-12-4-5-13(17)14(18)10-12/h4-5,10H,3,6-9,11,19H2,1-2H3. The Kier molecular flexibility index (Phi) is 4.49. The van der Waals surface area contributed by atoms with E-state index in [9.17, 15) is 0 Å². The van der Waals surface area contributed by atoms with E-state index in [-0.39, 0.29) is 5.54 Å². The number of benzene rings is 1. The van der Waals surface area contributed by atoms with Gasteiger partial charge in [-0.2, -0.15) is 0 Å². The minimum absolute atomic E-state index is 0.0923. The SMILES string of the molecule is CC1(C)CCCC(N)(Cc2ccc(Cl)c(Cl)c2)CC1. The van der Waals surface area contributed by atoms with E-state index in [1.165, 1.54) is 24.8 Å². The fourth-order valence-corrected chi connectivity index (χ4v) is 3.31. The van der Waals surface area contributed by atoms with E-state index >= 15 is 0 Å². The highest BCUT2D eigenvalue weighted by Gasteiger charge is 2.32. The molecule has 1 atom stereocenters. The number of rotatable bonds is 2. The third-order valence-electron chi connectivity index (χ3n) is 4.37. The summed E-state index contributed by atoms with van der Waals surface area (Å²) in [5.74, 6) is 0. The maximum absolute atomic E-state index is 6.62. The van der Waals surface area contributed by atoms with Gasteiger partial charge < -0.3 is 5.73 Å². The van der Waals surface area contributed by atoms with Crippen LogP contribution in [-0.2, 0) is 6.42 Å². The van der Waals surface area contributed by atoms with Crippen molar-refractivity contribution in [3.63, 3.8) is 0 Å². The molecule has 0 spiro atoms. The van der Waals surface area contributed by atoms with Gasteiger partial charge in [0.15, 0.2) is 0 Å². The van der Waals surface area contributed by atoms with E-state index in [1.807, 2.05) is 18.2 Å². The number of nitrogens with two attached hydrogens (primary N) is 1. The van der Waals surface area contributed by atoms with Gasteiger partial charge in [0, 0.05) is 5.54 Å². The van der Waals surface area contributed by atoms with Gasteiger partial charge in [0.25, 0.3) is 0 Å². The molecule has 3 heteroatoms. The van der Waals surface area contributed by atoms with Crippen LogP contribution in [0.5, 0.6) is 0 Å². The maximum atomic E-state index is 6.62. The van der Waals surface area contributed by atoms with E-state index in [1.54, 1.807) is 0 Å². The minimum Gasteiger partial charge on any atom is -0.325 e. The van der Waals surface area contributed by atoms with Gasteiger partial charge in [-0.05, 0) is 55.2 Å². The molecule has 0 aliphatic heterocycles. The smallest absolute Gasteiger partial charge is 0.0595 e. The molecule has 0 amide bonds. The predicted molar refractivity (Wildman–Crippen MR) is 84.0 cm³/mol. The molecule has 0 heterocycles. The van der Waals surface area contributed by atoms with Gasteiger partial charge in [-0.15, -0.1) is 0 Å². The van der Waals surface area contributed by atoms with Gasteiger partial charge in [-0.25, -0.2) is 0 Å². The Balaban J connectivity index is 2.10. The third-order valence-corrected chi connectivity index (χ3v) is 5.11. The molecular formula is C16H23Cl2N. The Hall–Kier alpha value is -0.240. The van der Waals surface area contributed by atoms with Crippen LogP contribution in [0.25, 0.3) is 0 Å². The maximum Gasteiger partial charge on any atom is 0.0595 e. The summed E-state index contributed by atoms with van der Waals surface area (Å²) in [4.78, 5) is 0. The van der Waals surface area contributed by atoms with Crippen LogP contribution in [0.1, 0.15) is 51.5 Å². The molecule has 0 bridgehead atoms. The van der Waals surface area contributed by atoms with Crippen molar-refractivity contribution < 1.29 is 0 Å². The van der Waals surface area contributed by atoms with Crippen molar-refractivity contribution in [2.24, 2.45) is 11.1 Å². The molecule has 1 aliphatic carbocycles. The van der Waals surface area contributed by atoms with Gasteiger partial charge in [0.1, 0.15) is 0 Å². The van der Waals surface area contributed by atoms with E-state index in [4.69, 9.17) is 28.9 Å². The van der Waals surface area contributed by atoms with Crippen LogP contribution in [0.2, 0.25) is 10.0 Å². The summed E-state index contributed by atoms with van der Waals surface area (Å²) in [6.07, 6.45) is 6.75. The number of halogens is 2. The molecule has 1 aliphatic rings. The van der Waals surface area contributed by atoms with E-state index in [2.05, 4.69) is 13.8 Å². The molecule has 1 aromatic rings. The summed E-state index contributed by atoms with van der Waals surface area (Å²) in [7, 11) is 0. The number of hydrogen-bond acceptors (Lipinski definition) is 1. The zero-order chi connectivity index (χ0) is 14.1. The van der Waals surface area contributed by atoms with Crippen LogP contribution >= 0.6 is 23.2 Å². The van der Waals surface area contributed by atoms with Gasteiger partial charge in [0.2, 0.25) is 0 Å². The lowest BCUT2D eigenvalue weighted by atomic mass is 9.82. The Morgan fingerprint density at radius 1 is 1.05 bits per heavy atom. The molecule has 0 aromatic heterocycles. The Morgan fingerprint density at radius 2 is 1.79 bits per heavy atom. The zero-order valence-corrected chi connectivity index (χ0v) is 13.3. The van der Waals surface area contributed by atoms with E-state index < -0.39 is 0 Å². The summed E-state index contributed by atoms with van der Waals surface area (Å²) >= 11 is 12.0. The molecule has 1 unspecified atom stereocenters. The van der Waals surface area contributed by atoms with Crippen LogP contribution < -0.4 is 5.73 Å². The van der Waals surface area contributed by atoms with Crippen molar-refractivity contribution in [1.82, 2.24) is 0 Å². The van der Waals surface area contributed by atoms with Crippen molar-refractivity contribution >= 4 is 23.2 Å². The molecule has 1 aromatic carbocycles. The fraction of sp³-hybridized carbons (Fsp3) is 0.625. The number of hydrogen-bond donors (Lipinski definition) is 1. The lowest BCUT2D eigenvalue weighted by Crippen LogP contribution is -2.41. The van der Waals surface area contributed by atoms with Crippen LogP contribution in [0, 0.1) is 5.41 Å². The molecule has 1 fully saturated rings. The highest BCUT2D eigenvalue weighted by molar-refractivity contribution is 6.42. The van der Waals surface area contributed by atoms with E-state index in [0.29, 0.717) is 15.5 Å². The quantitative estimate of drug-likeness (QED) is 0.744. The summed E-state index contributed by atoms with van der Waals surface area (Å²) < 4.78 is 0. The Labute approximate surface area is 126 Å². The van der Waals surface area contributed by atoms with Crippen molar-refractivity contribution in [3.05, 3.63) is 33.8 Å². The lowest BCUT2D eigenvalue weighted by Gasteiger charge is -2.29. The first-order chi connectivity index (χ1) is 8.80. The molecule has 19 heavy (non-hydrogen) atoms. The molecular weight excluding hydrogens is 277 g/mol. The topological polar surface area (TPSA) is 26.0 Å². The molecule has 1 nitrogen and oxygen atoms in total. The molecule has 0 saturated heterocycles. The summed E-state index contributed by atoms with van der Waals surface area (Å²) in [5, 5.41) is 1.23. The summed E-state index contributed by atoms with van der Waals surface area (Å²) in [5.41, 5.74) is 8.15. The van der Waals surface area contributed by atoms with Gasteiger partial charge in [-0.3, -0.25) is 0 Å². The molecule has 2 N–H and O–H groups in total. The lowest BCUT2D eigenvalue weighted by molar-refractivity contribution is 0.297. The average molecular weight is 300 g/mol. The van der Waals surface area contributed by atoms with Gasteiger partial charge in [-0.1, -0.05) is 49.5 Å². The first-order valence-electron chi connectivity index (χ1n) is 7.03. The molecule has 0 radical (unpaired) electrons. The zero-order valence-electron chi connectivity index (χ0n) is 11.8. The van der Waals surface area contributed by atoms with Crippen LogP contribution in [0.4, 0.5) is 0 Å². The van der Waals surface area contributed by atoms with Gasteiger partial charge in [0.05, 0.1) is 10.0 Å². The van der Waals surface area contributed by atoms with Crippen molar-refractivity contribution in [2.45, 2.75) is 57.9 Å². The third kappa shape index (κ3) is 4.11. The highest BCUT2D eigenvalue weighted by Crippen LogP contribution is 2.38. The van der Waals surface area contributed by atoms with Crippen LogP contribution in [0.3, 0.4) is 0 Å². The summed E-state index contributed by atoms with van der Waals surface area (Å²) in [6.45, 7) is 4.69. The normalized spacial score (nSPS) is 27.0. The monoisotopic (exact) mass is 299 g/mol. The van der Waals surface area contributed by atoms with Crippen molar-refractivity contribution in [1.29, 1.82) is 0 Å². The molecule has 106 valence electrons. The first-order valence-corrected chi connectivity index (χ1v) is 7.78. The summed E-state index contributed by atoms with van der Waals surface area (Å²) in [6, 6.07) is 5.86. The van der Waals surface area contributed by atoms with E-state index in [0.717, 1.165) is 19.3 Å². The van der Waals surface area contributed by atoms with Crippen LogP contribution in [0.15, 0.2) is 18.2 Å². The second kappa shape index (κ2) is 5.63. The second-order valence-electron chi connectivity index (χ2n) is 6.81. The van der Waals surface area contributed by atoms with Crippen molar-refractivity contribution in [2.75, 3.05) is 0 Å².